The van der Waals surface area contributed by atoms with Gasteiger partial charge in [0.15, 0.2) is 5.82 Å². The van der Waals surface area contributed by atoms with E-state index in [0.29, 0.717) is 28.4 Å². The number of halogens is 1. The maximum atomic E-state index is 14.4. The Morgan fingerprint density at radius 2 is 1.84 bits per heavy atom. The SMILES string of the molecule is Fc1ccccc1-c1cncc2[nH]c(-c3n[nH]c4cnc(C5CCNCC5)cc34)nc12. The Balaban J connectivity index is 1.48. The molecule has 1 aliphatic rings. The average molecular weight is 413 g/mol. The van der Waals surface area contributed by atoms with Crippen molar-refractivity contribution in [1.82, 2.24) is 35.5 Å². The molecule has 1 aromatic carbocycles. The molecule has 0 spiro atoms. The zero-order chi connectivity index (χ0) is 20.8. The molecule has 0 radical (unpaired) electrons. The van der Waals surface area contributed by atoms with Crippen molar-refractivity contribution in [2.75, 3.05) is 13.1 Å². The van der Waals surface area contributed by atoms with Gasteiger partial charge < -0.3 is 10.3 Å². The topological polar surface area (TPSA) is 95.2 Å². The van der Waals surface area contributed by atoms with Crippen molar-refractivity contribution in [3.05, 3.63) is 60.4 Å². The van der Waals surface area contributed by atoms with Crippen LogP contribution in [0, 0.1) is 5.82 Å². The van der Waals surface area contributed by atoms with Crippen LogP contribution in [0.3, 0.4) is 0 Å². The summed E-state index contributed by atoms with van der Waals surface area (Å²) in [6.45, 7) is 2.02. The first-order valence-electron chi connectivity index (χ1n) is 10.4. The zero-order valence-electron chi connectivity index (χ0n) is 16.7. The smallest absolute Gasteiger partial charge is 0.159 e. The van der Waals surface area contributed by atoms with Crippen LogP contribution in [0.15, 0.2) is 48.9 Å². The number of hydrogen-bond acceptors (Lipinski definition) is 5. The van der Waals surface area contributed by atoms with E-state index in [0.717, 1.165) is 53.7 Å². The van der Waals surface area contributed by atoms with Gasteiger partial charge in [-0.15, -0.1) is 0 Å². The molecule has 8 heteroatoms. The molecular formula is C23H20FN7. The van der Waals surface area contributed by atoms with Crippen molar-refractivity contribution >= 4 is 21.9 Å². The van der Waals surface area contributed by atoms with Crippen LogP contribution in [0.1, 0.15) is 24.5 Å². The molecule has 0 saturated carbocycles. The monoisotopic (exact) mass is 413 g/mol. The predicted octanol–water partition coefficient (Wildman–Crippen LogP) is 4.17. The second-order valence-corrected chi connectivity index (χ2v) is 7.90. The van der Waals surface area contributed by atoms with E-state index < -0.39 is 0 Å². The van der Waals surface area contributed by atoms with Crippen LogP contribution in [0.25, 0.3) is 44.6 Å². The largest absolute Gasteiger partial charge is 0.335 e. The summed E-state index contributed by atoms with van der Waals surface area (Å²) in [5.41, 5.74) is 5.20. The normalized spacial score (nSPS) is 15.1. The van der Waals surface area contributed by atoms with Crippen LogP contribution in [-0.4, -0.2) is 43.2 Å². The number of nitrogens with zero attached hydrogens (tertiary/aromatic N) is 4. The quantitative estimate of drug-likeness (QED) is 0.413. The number of piperidine rings is 1. The van der Waals surface area contributed by atoms with Gasteiger partial charge in [-0.1, -0.05) is 18.2 Å². The lowest BCUT2D eigenvalue weighted by Crippen LogP contribution is -2.27. The van der Waals surface area contributed by atoms with Gasteiger partial charge in [-0.3, -0.25) is 15.1 Å². The summed E-state index contributed by atoms with van der Waals surface area (Å²) in [7, 11) is 0. The number of fused-ring (bicyclic) bond motifs is 2. The molecular weight excluding hydrogens is 393 g/mol. The maximum absolute atomic E-state index is 14.4. The number of H-pyrrole nitrogens is 2. The first kappa shape index (κ1) is 18.1. The number of rotatable bonds is 3. The first-order chi connectivity index (χ1) is 15.3. The zero-order valence-corrected chi connectivity index (χ0v) is 16.7. The van der Waals surface area contributed by atoms with Gasteiger partial charge >= 0.3 is 0 Å². The average Bonchev–Trinajstić information content (AvgIpc) is 3.43. The maximum Gasteiger partial charge on any atom is 0.159 e. The highest BCUT2D eigenvalue weighted by atomic mass is 19.1. The standard InChI is InChI=1S/C23H20FN7/c24-17-4-2-1-3-14(17)16-10-26-11-20-21(16)29-23(28-20)22-15-9-18(13-5-7-25-8-6-13)27-12-19(15)30-31-22/h1-4,9-13,25H,5-8H2,(H,28,29)(H,30,31). The van der Waals surface area contributed by atoms with Gasteiger partial charge in [0.1, 0.15) is 17.0 Å². The minimum absolute atomic E-state index is 0.302. The molecule has 31 heavy (non-hydrogen) atoms. The number of aromatic nitrogens is 6. The van der Waals surface area contributed by atoms with Crippen molar-refractivity contribution in [1.29, 1.82) is 0 Å². The Kier molecular flexibility index (Phi) is 4.24. The van der Waals surface area contributed by atoms with E-state index in [-0.39, 0.29) is 5.82 Å². The Labute approximate surface area is 177 Å². The van der Waals surface area contributed by atoms with Crippen LogP contribution >= 0.6 is 0 Å². The van der Waals surface area contributed by atoms with E-state index in [4.69, 9.17) is 4.98 Å². The molecule has 6 rings (SSSR count). The van der Waals surface area contributed by atoms with Crippen LogP contribution in [0.2, 0.25) is 0 Å². The molecule has 0 atom stereocenters. The summed E-state index contributed by atoms with van der Waals surface area (Å²) in [5.74, 6) is 0.763. The molecule has 154 valence electrons. The molecule has 0 bridgehead atoms. The Bertz CT molecular complexity index is 1400. The Morgan fingerprint density at radius 1 is 0.968 bits per heavy atom. The van der Waals surface area contributed by atoms with Crippen LogP contribution < -0.4 is 5.32 Å². The minimum atomic E-state index is -0.302. The Hall–Kier alpha value is -3.65. The third-order valence-electron chi connectivity index (χ3n) is 6.01. The second-order valence-electron chi connectivity index (χ2n) is 7.90. The fourth-order valence-corrected chi connectivity index (χ4v) is 4.38. The van der Waals surface area contributed by atoms with Crippen molar-refractivity contribution in [3.8, 4) is 22.6 Å². The van der Waals surface area contributed by atoms with Crippen molar-refractivity contribution in [2.45, 2.75) is 18.8 Å². The minimum Gasteiger partial charge on any atom is -0.335 e. The molecule has 0 aliphatic carbocycles. The van der Waals surface area contributed by atoms with Crippen molar-refractivity contribution < 1.29 is 4.39 Å². The van der Waals surface area contributed by atoms with E-state index in [1.165, 1.54) is 6.07 Å². The fraction of sp³-hybridized carbons (Fsp3) is 0.217. The fourth-order valence-electron chi connectivity index (χ4n) is 4.38. The third kappa shape index (κ3) is 3.07. The molecule has 5 heterocycles. The van der Waals surface area contributed by atoms with Crippen LogP contribution in [-0.2, 0) is 0 Å². The molecule has 0 amide bonds. The summed E-state index contributed by atoms with van der Waals surface area (Å²) in [5, 5.41) is 11.9. The van der Waals surface area contributed by atoms with Crippen molar-refractivity contribution in [2.24, 2.45) is 0 Å². The van der Waals surface area contributed by atoms with Crippen molar-refractivity contribution in [3.63, 3.8) is 0 Å². The number of nitrogens with one attached hydrogen (secondary N) is 3. The predicted molar refractivity (Wildman–Crippen MR) is 117 cm³/mol. The van der Waals surface area contributed by atoms with E-state index in [1.807, 2.05) is 6.20 Å². The van der Waals surface area contributed by atoms with Gasteiger partial charge in [0.2, 0.25) is 0 Å². The van der Waals surface area contributed by atoms with Gasteiger partial charge in [-0.25, -0.2) is 9.37 Å². The van der Waals surface area contributed by atoms with E-state index in [2.05, 4.69) is 36.5 Å². The highest BCUT2D eigenvalue weighted by Crippen LogP contribution is 2.33. The number of pyridine rings is 2. The molecule has 1 aliphatic heterocycles. The molecule has 1 saturated heterocycles. The summed E-state index contributed by atoms with van der Waals surface area (Å²) in [6, 6.07) is 8.78. The Morgan fingerprint density at radius 3 is 2.71 bits per heavy atom. The summed E-state index contributed by atoms with van der Waals surface area (Å²) in [6.07, 6.45) is 7.35. The second kappa shape index (κ2) is 7.24. The number of hydrogen-bond donors (Lipinski definition) is 3. The molecule has 1 fully saturated rings. The lowest BCUT2D eigenvalue weighted by atomic mass is 9.93. The van der Waals surface area contributed by atoms with Gasteiger partial charge in [-0.05, 0) is 38.1 Å². The van der Waals surface area contributed by atoms with E-state index in [1.54, 1.807) is 30.6 Å². The van der Waals surface area contributed by atoms with E-state index in [9.17, 15) is 4.39 Å². The number of aromatic amines is 2. The molecule has 4 aromatic heterocycles. The number of benzene rings is 1. The molecule has 0 unspecified atom stereocenters. The van der Waals surface area contributed by atoms with Gasteiger partial charge in [-0.2, -0.15) is 5.10 Å². The van der Waals surface area contributed by atoms with Crippen LogP contribution in [0.4, 0.5) is 4.39 Å². The third-order valence-corrected chi connectivity index (χ3v) is 6.01. The molecule has 7 nitrogen and oxygen atoms in total. The van der Waals surface area contributed by atoms with Gasteiger partial charge in [0.25, 0.3) is 0 Å². The lowest BCUT2D eigenvalue weighted by molar-refractivity contribution is 0.453. The van der Waals surface area contributed by atoms with Gasteiger partial charge in [0.05, 0.1) is 23.4 Å². The summed E-state index contributed by atoms with van der Waals surface area (Å²) < 4.78 is 14.4. The molecule has 3 N–H and O–H groups in total. The number of imidazole rings is 1. The lowest BCUT2D eigenvalue weighted by Gasteiger charge is -2.21. The van der Waals surface area contributed by atoms with Gasteiger partial charge in [0, 0.05) is 34.3 Å². The summed E-state index contributed by atoms with van der Waals surface area (Å²) in [4.78, 5) is 17.0. The van der Waals surface area contributed by atoms with Crippen LogP contribution in [0.5, 0.6) is 0 Å². The summed E-state index contributed by atoms with van der Waals surface area (Å²) >= 11 is 0. The highest BCUT2D eigenvalue weighted by molar-refractivity contribution is 5.96. The highest BCUT2D eigenvalue weighted by Gasteiger charge is 2.20. The molecule has 5 aromatic rings. The van der Waals surface area contributed by atoms with E-state index >= 15 is 0 Å². The first-order valence-corrected chi connectivity index (χ1v) is 10.4.